The van der Waals surface area contributed by atoms with Crippen molar-refractivity contribution < 1.29 is 13.8 Å². The zero-order valence-corrected chi connectivity index (χ0v) is 6.14. The van der Waals surface area contributed by atoms with Gasteiger partial charge in [-0.2, -0.15) is 0 Å². The van der Waals surface area contributed by atoms with E-state index in [1.54, 1.807) is 0 Å². The Hall–Kier alpha value is 0.150. The lowest BCUT2D eigenvalue weighted by Crippen LogP contribution is -1.90. The van der Waals surface area contributed by atoms with Crippen molar-refractivity contribution in [3.8, 4) is 0 Å². The van der Waals surface area contributed by atoms with Gasteiger partial charge in [-0.1, -0.05) is 0 Å². The summed E-state index contributed by atoms with van der Waals surface area (Å²) in [6.45, 7) is 0. The predicted molar refractivity (Wildman–Crippen MR) is 32.8 cm³/mol. The van der Waals surface area contributed by atoms with E-state index in [1.165, 1.54) is 7.11 Å². The molecule has 4 heteroatoms. The van der Waals surface area contributed by atoms with Crippen LogP contribution in [0, 0.1) is 0 Å². The third kappa shape index (κ3) is 0.689. The van der Waals surface area contributed by atoms with Gasteiger partial charge in [0.2, 0.25) is 7.37 Å². The van der Waals surface area contributed by atoms with Crippen LogP contribution in [0.15, 0.2) is 0 Å². The second-order valence-corrected chi connectivity index (χ2v) is 5.26. The summed E-state index contributed by atoms with van der Waals surface area (Å²) < 4.78 is 21.4. The van der Waals surface area contributed by atoms with Crippen molar-refractivity contribution in [2.24, 2.45) is 0 Å². The fourth-order valence-corrected chi connectivity index (χ4v) is 3.58. The molecule has 2 fully saturated rings. The van der Waals surface area contributed by atoms with E-state index in [0.717, 1.165) is 12.6 Å². The van der Waals surface area contributed by atoms with Crippen LogP contribution < -0.4 is 0 Å². The molecule has 52 valence electrons. The minimum absolute atomic E-state index is 0.0255. The summed E-state index contributed by atoms with van der Waals surface area (Å²) in [7, 11) is -0.785. The Kier molecular flexibility index (Phi) is 1.05. The van der Waals surface area contributed by atoms with Crippen molar-refractivity contribution in [3.63, 3.8) is 0 Å². The molecule has 0 radical (unpaired) electrons. The van der Waals surface area contributed by atoms with Crippen molar-refractivity contribution in [1.29, 1.82) is 0 Å². The van der Waals surface area contributed by atoms with Crippen LogP contribution in [-0.4, -0.2) is 25.2 Å². The van der Waals surface area contributed by atoms with Gasteiger partial charge in [-0.3, -0.25) is 4.57 Å². The monoisotopic (exact) mass is 148 g/mol. The zero-order valence-electron chi connectivity index (χ0n) is 5.24. The maximum Gasteiger partial charge on any atom is 0.233 e. The topological polar surface area (TPSA) is 38.8 Å². The smallest absolute Gasteiger partial charge is 0.233 e. The Balaban J connectivity index is 2.21. The first-order chi connectivity index (χ1) is 4.26. The molecule has 3 nitrogen and oxygen atoms in total. The first-order valence-corrected chi connectivity index (χ1v) is 4.94. The Morgan fingerprint density at radius 1 is 1.78 bits per heavy atom. The maximum atomic E-state index is 11.4. The number of rotatable bonds is 1. The van der Waals surface area contributed by atoms with Gasteiger partial charge in [-0.05, 0) is 6.42 Å². The number of ether oxygens (including phenoxy) is 1. The molecule has 0 aliphatic carbocycles. The summed E-state index contributed by atoms with van der Waals surface area (Å²) in [6, 6.07) is 0. The fourth-order valence-electron chi connectivity index (χ4n) is 1.32. The van der Waals surface area contributed by atoms with Gasteiger partial charge >= 0.3 is 0 Å². The summed E-state index contributed by atoms with van der Waals surface area (Å²) >= 11 is 0. The van der Waals surface area contributed by atoms with E-state index in [9.17, 15) is 4.57 Å². The highest BCUT2D eigenvalue weighted by molar-refractivity contribution is 7.60. The minimum atomic E-state index is -2.29. The van der Waals surface area contributed by atoms with Crippen LogP contribution in [0.4, 0.5) is 0 Å². The fraction of sp³-hybridized carbons (Fsp3) is 1.00. The molecule has 0 aromatic carbocycles. The van der Waals surface area contributed by atoms with Crippen molar-refractivity contribution in [1.82, 2.24) is 0 Å². The van der Waals surface area contributed by atoms with Crippen molar-refractivity contribution >= 4 is 7.37 Å². The lowest BCUT2D eigenvalue weighted by molar-refractivity contribution is 0.334. The Morgan fingerprint density at radius 2 is 2.56 bits per heavy atom. The summed E-state index contributed by atoms with van der Waals surface area (Å²) in [4.78, 5) is 0. The number of hydrogen-bond donors (Lipinski definition) is 0. The largest absolute Gasteiger partial charge is 0.359 e. The Bertz CT molecular complexity index is 179. The normalized spacial score (nSPS) is 55.2. The molecule has 0 aromatic rings. The van der Waals surface area contributed by atoms with E-state index in [-0.39, 0.29) is 11.9 Å². The third-order valence-corrected chi connectivity index (χ3v) is 4.71. The molecule has 2 saturated heterocycles. The lowest BCUT2D eigenvalue weighted by Gasteiger charge is -2.07. The standard InChI is InChI=1S/C5H9O3P/c1-7-9(6)3-2-4-5(9)8-4/h4-5H,2-3H2,1H3/t4-,5+,9-/m1/s1. The molecule has 3 atom stereocenters. The molecule has 0 N–H and O–H groups in total. The van der Waals surface area contributed by atoms with Gasteiger partial charge in [-0.15, -0.1) is 0 Å². The average molecular weight is 148 g/mol. The molecule has 9 heavy (non-hydrogen) atoms. The SMILES string of the molecule is CO[P@]1(=O)CC[C@H]2O[C@H]21. The second-order valence-electron chi connectivity index (χ2n) is 2.49. The van der Waals surface area contributed by atoms with E-state index < -0.39 is 7.37 Å². The Morgan fingerprint density at radius 3 is 2.78 bits per heavy atom. The molecule has 0 spiro atoms. The highest BCUT2D eigenvalue weighted by Crippen LogP contribution is 2.66. The minimum Gasteiger partial charge on any atom is -0.359 e. The van der Waals surface area contributed by atoms with Gasteiger partial charge in [0.1, 0.15) is 0 Å². The van der Waals surface area contributed by atoms with Crippen molar-refractivity contribution in [2.45, 2.75) is 18.4 Å². The summed E-state index contributed by atoms with van der Waals surface area (Å²) in [6.07, 6.45) is 1.92. The van der Waals surface area contributed by atoms with Crippen LogP contribution in [0.1, 0.15) is 6.42 Å². The molecule has 0 saturated carbocycles. The highest BCUT2D eigenvalue weighted by Gasteiger charge is 2.58. The summed E-state index contributed by atoms with van der Waals surface area (Å²) in [5.41, 5.74) is 0. The molecule has 2 aliphatic heterocycles. The molecule has 0 aromatic heterocycles. The zero-order chi connectivity index (χ0) is 6.48. The van der Waals surface area contributed by atoms with Gasteiger partial charge < -0.3 is 9.26 Å². The highest BCUT2D eigenvalue weighted by atomic mass is 31.2. The summed E-state index contributed by atoms with van der Waals surface area (Å²) in [5.74, 6) is -0.0255. The Labute approximate surface area is 53.8 Å². The summed E-state index contributed by atoms with van der Waals surface area (Å²) in [5, 5.41) is 0. The molecular formula is C5H9O3P. The number of epoxide rings is 1. The van der Waals surface area contributed by atoms with Crippen molar-refractivity contribution in [2.75, 3.05) is 13.3 Å². The number of fused-ring (bicyclic) bond motifs is 1. The molecule has 2 rings (SSSR count). The lowest BCUT2D eigenvalue weighted by atomic mass is 10.4. The maximum absolute atomic E-state index is 11.4. The first-order valence-electron chi connectivity index (χ1n) is 3.06. The van der Waals surface area contributed by atoms with E-state index >= 15 is 0 Å². The number of hydrogen-bond acceptors (Lipinski definition) is 3. The van der Waals surface area contributed by atoms with Crippen LogP contribution in [-0.2, 0) is 13.8 Å². The van der Waals surface area contributed by atoms with Crippen LogP contribution in [0.5, 0.6) is 0 Å². The van der Waals surface area contributed by atoms with Gasteiger partial charge in [0.15, 0.2) is 5.85 Å². The molecule has 2 aliphatic rings. The molecule has 0 bridgehead atoms. The first kappa shape index (κ1) is 5.90. The quantitative estimate of drug-likeness (QED) is 0.412. The van der Waals surface area contributed by atoms with Crippen LogP contribution in [0.3, 0.4) is 0 Å². The van der Waals surface area contributed by atoms with Crippen LogP contribution in [0.25, 0.3) is 0 Å². The van der Waals surface area contributed by atoms with E-state index in [2.05, 4.69) is 0 Å². The third-order valence-electron chi connectivity index (χ3n) is 1.98. The van der Waals surface area contributed by atoms with E-state index in [1.807, 2.05) is 0 Å². The molecular weight excluding hydrogens is 139 g/mol. The van der Waals surface area contributed by atoms with Crippen molar-refractivity contribution in [3.05, 3.63) is 0 Å². The van der Waals surface area contributed by atoms with Gasteiger partial charge in [-0.25, -0.2) is 0 Å². The predicted octanol–water partition coefficient (Wildman–Crippen LogP) is 1.04. The van der Waals surface area contributed by atoms with Gasteiger partial charge in [0, 0.05) is 13.3 Å². The molecule has 0 unspecified atom stereocenters. The van der Waals surface area contributed by atoms with E-state index in [0.29, 0.717) is 0 Å². The van der Waals surface area contributed by atoms with Gasteiger partial charge in [0.05, 0.1) is 6.10 Å². The van der Waals surface area contributed by atoms with Crippen LogP contribution >= 0.6 is 7.37 Å². The second kappa shape index (κ2) is 1.60. The molecule has 0 amide bonds. The van der Waals surface area contributed by atoms with Gasteiger partial charge in [0.25, 0.3) is 0 Å². The van der Waals surface area contributed by atoms with E-state index in [4.69, 9.17) is 9.26 Å². The van der Waals surface area contributed by atoms with Crippen LogP contribution in [0.2, 0.25) is 0 Å². The molecule has 2 heterocycles. The average Bonchev–Trinajstić information content (AvgIpc) is 2.58.